The predicted molar refractivity (Wildman–Crippen MR) is 66.6 cm³/mol. The molecule has 9 heteroatoms. The van der Waals surface area contributed by atoms with Gasteiger partial charge in [-0.15, -0.1) is 0 Å². The number of methoxy groups -OCH3 is 1. The topological polar surface area (TPSA) is 117 Å². The molecular formula is C10H14N8O. The molecule has 19 heavy (non-hydrogen) atoms. The largest absolute Gasteiger partial charge is 0.381 e. The summed E-state index contributed by atoms with van der Waals surface area (Å²) in [5, 5.41) is 7.16. The van der Waals surface area contributed by atoms with E-state index in [0.29, 0.717) is 24.0 Å². The summed E-state index contributed by atoms with van der Waals surface area (Å²) in [7, 11) is 1.71. The highest BCUT2D eigenvalue weighted by Gasteiger charge is 2.29. The van der Waals surface area contributed by atoms with Crippen molar-refractivity contribution in [3.8, 4) is 5.95 Å². The zero-order chi connectivity index (χ0) is 13.2. The lowest BCUT2D eigenvalue weighted by atomic mass is 9.89. The molecule has 100 valence electrons. The lowest BCUT2D eigenvalue weighted by Gasteiger charge is -2.34. The fourth-order valence-electron chi connectivity index (χ4n) is 1.92. The van der Waals surface area contributed by atoms with Crippen LogP contribution in [-0.2, 0) is 4.74 Å². The van der Waals surface area contributed by atoms with E-state index in [1.165, 1.54) is 17.3 Å². The molecular weight excluding hydrogens is 248 g/mol. The molecule has 1 fully saturated rings. The molecule has 9 nitrogen and oxygen atoms in total. The third-order valence-corrected chi connectivity index (χ3v) is 3.03. The van der Waals surface area contributed by atoms with Gasteiger partial charge in [-0.1, -0.05) is 0 Å². The first-order valence-corrected chi connectivity index (χ1v) is 5.90. The Kier molecular flexibility index (Phi) is 2.95. The molecule has 0 aliphatic heterocycles. The second-order valence-corrected chi connectivity index (χ2v) is 4.33. The molecule has 2 aromatic rings. The van der Waals surface area contributed by atoms with Crippen LogP contribution in [0.3, 0.4) is 0 Å². The molecule has 0 bridgehead atoms. The average Bonchev–Trinajstić information content (AvgIpc) is 2.86. The lowest BCUT2D eigenvalue weighted by Crippen LogP contribution is -2.40. The van der Waals surface area contributed by atoms with Gasteiger partial charge in [0.05, 0.1) is 6.10 Å². The number of nitrogens with zero attached hydrogens (tertiary/aromatic N) is 6. The Balaban J connectivity index is 1.75. The van der Waals surface area contributed by atoms with Gasteiger partial charge >= 0.3 is 0 Å². The summed E-state index contributed by atoms with van der Waals surface area (Å²) in [6.07, 6.45) is 5.08. The monoisotopic (exact) mass is 262 g/mol. The van der Waals surface area contributed by atoms with Crippen molar-refractivity contribution in [2.24, 2.45) is 0 Å². The standard InChI is InChI=1S/C10H14N8O/c1-19-7-2-6(3-7)14-9-15-8(11)16-10(17-9)18-5-12-4-13-18/h4-7H,2-3H2,1H3,(H3,11,14,15,16,17). The Morgan fingerprint density at radius 2 is 2.21 bits per heavy atom. The number of aromatic nitrogens is 6. The SMILES string of the molecule is COC1CC(Nc2nc(N)nc(-n3cncn3)n2)C1. The van der Waals surface area contributed by atoms with Crippen molar-refractivity contribution >= 4 is 11.9 Å². The van der Waals surface area contributed by atoms with Gasteiger partial charge in [0.15, 0.2) is 0 Å². The van der Waals surface area contributed by atoms with E-state index >= 15 is 0 Å². The third kappa shape index (κ3) is 2.45. The van der Waals surface area contributed by atoms with E-state index in [2.05, 4.69) is 30.4 Å². The molecule has 1 aliphatic rings. The molecule has 0 spiro atoms. The second-order valence-electron chi connectivity index (χ2n) is 4.33. The molecule has 2 heterocycles. The minimum atomic E-state index is 0.144. The maximum absolute atomic E-state index is 5.67. The van der Waals surface area contributed by atoms with Crippen LogP contribution in [-0.4, -0.2) is 49.0 Å². The van der Waals surface area contributed by atoms with Crippen LogP contribution in [0.4, 0.5) is 11.9 Å². The molecule has 0 radical (unpaired) electrons. The molecule has 0 unspecified atom stereocenters. The molecule has 1 saturated carbocycles. The molecule has 2 aromatic heterocycles. The quantitative estimate of drug-likeness (QED) is 0.766. The lowest BCUT2D eigenvalue weighted by molar-refractivity contribution is 0.0327. The first-order chi connectivity index (χ1) is 9.24. The molecule has 3 N–H and O–H groups in total. The van der Waals surface area contributed by atoms with Crippen molar-refractivity contribution in [1.82, 2.24) is 29.7 Å². The third-order valence-electron chi connectivity index (χ3n) is 3.03. The number of hydrogen-bond donors (Lipinski definition) is 2. The summed E-state index contributed by atoms with van der Waals surface area (Å²) in [6.45, 7) is 0. The van der Waals surface area contributed by atoms with Crippen LogP contribution in [0.25, 0.3) is 5.95 Å². The van der Waals surface area contributed by atoms with Gasteiger partial charge in [-0.05, 0) is 12.8 Å². The van der Waals surface area contributed by atoms with E-state index in [0.717, 1.165) is 12.8 Å². The Labute approximate surface area is 109 Å². The van der Waals surface area contributed by atoms with E-state index in [1.54, 1.807) is 7.11 Å². The van der Waals surface area contributed by atoms with Crippen molar-refractivity contribution in [3.05, 3.63) is 12.7 Å². The van der Waals surface area contributed by atoms with Gasteiger partial charge in [0.1, 0.15) is 12.7 Å². The molecule has 0 amide bonds. The highest BCUT2D eigenvalue weighted by Crippen LogP contribution is 2.25. The first-order valence-electron chi connectivity index (χ1n) is 5.90. The van der Waals surface area contributed by atoms with E-state index in [4.69, 9.17) is 10.5 Å². The van der Waals surface area contributed by atoms with E-state index in [1.807, 2.05) is 0 Å². The number of nitrogen functional groups attached to an aromatic ring is 1. The van der Waals surface area contributed by atoms with Gasteiger partial charge in [-0.2, -0.15) is 24.7 Å². The number of rotatable bonds is 4. The molecule has 0 saturated heterocycles. The summed E-state index contributed by atoms with van der Waals surface area (Å²) in [6, 6.07) is 0.301. The minimum absolute atomic E-state index is 0.144. The first kappa shape index (κ1) is 11.8. The Morgan fingerprint density at radius 1 is 1.37 bits per heavy atom. The second kappa shape index (κ2) is 4.76. The van der Waals surface area contributed by atoms with Crippen molar-refractivity contribution in [3.63, 3.8) is 0 Å². The van der Waals surface area contributed by atoms with Crippen LogP contribution in [0, 0.1) is 0 Å². The van der Waals surface area contributed by atoms with E-state index in [-0.39, 0.29) is 5.95 Å². The van der Waals surface area contributed by atoms with Crippen LogP contribution in [0.5, 0.6) is 0 Å². The Bertz CT molecular complexity index is 551. The van der Waals surface area contributed by atoms with Crippen LogP contribution in [0.1, 0.15) is 12.8 Å². The smallest absolute Gasteiger partial charge is 0.258 e. The fourth-order valence-corrected chi connectivity index (χ4v) is 1.92. The van der Waals surface area contributed by atoms with Crippen LogP contribution in [0.15, 0.2) is 12.7 Å². The van der Waals surface area contributed by atoms with Gasteiger partial charge < -0.3 is 15.8 Å². The highest BCUT2D eigenvalue weighted by molar-refractivity contribution is 5.36. The summed E-state index contributed by atoms with van der Waals surface area (Å²) in [5.41, 5.74) is 5.67. The fraction of sp³-hybridized carbons (Fsp3) is 0.500. The van der Waals surface area contributed by atoms with Gasteiger partial charge in [-0.25, -0.2) is 4.98 Å². The molecule has 0 atom stereocenters. The van der Waals surface area contributed by atoms with Crippen molar-refractivity contribution in [2.45, 2.75) is 25.0 Å². The zero-order valence-electron chi connectivity index (χ0n) is 10.4. The summed E-state index contributed by atoms with van der Waals surface area (Å²) in [5.74, 6) is 0.929. The van der Waals surface area contributed by atoms with Crippen molar-refractivity contribution in [2.75, 3.05) is 18.2 Å². The van der Waals surface area contributed by atoms with Crippen LogP contribution >= 0.6 is 0 Å². The predicted octanol–water partition coefficient (Wildman–Crippen LogP) is -0.376. The van der Waals surface area contributed by atoms with Crippen LogP contribution in [0.2, 0.25) is 0 Å². The zero-order valence-corrected chi connectivity index (χ0v) is 10.4. The average molecular weight is 262 g/mol. The molecule has 0 aromatic carbocycles. The Hall–Kier alpha value is -2.29. The van der Waals surface area contributed by atoms with E-state index in [9.17, 15) is 0 Å². The van der Waals surface area contributed by atoms with Gasteiger partial charge in [0, 0.05) is 13.2 Å². The summed E-state index contributed by atoms with van der Waals surface area (Å²) in [4.78, 5) is 16.2. The minimum Gasteiger partial charge on any atom is -0.381 e. The number of hydrogen-bond acceptors (Lipinski definition) is 8. The number of nitrogens with two attached hydrogens (primary N) is 1. The Morgan fingerprint density at radius 3 is 2.89 bits per heavy atom. The summed E-state index contributed by atoms with van der Waals surface area (Å²) < 4.78 is 6.65. The maximum Gasteiger partial charge on any atom is 0.258 e. The number of anilines is 2. The summed E-state index contributed by atoms with van der Waals surface area (Å²) >= 11 is 0. The van der Waals surface area contributed by atoms with Gasteiger partial charge in [0.2, 0.25) is 11.9 Å². The molecule has 1 aliphatic carbocycles. The van der Waals surface area contributed by atoms with Crippen molar-refractivity contribution < 1.29 is 4.74 Å². The van der Waals surface area contributed by atoms with Gasteiger partial charge in [-0.3, -0.25) is 0 Å². The number of ether oxygens (including phenoxy) is 1. The number of nitrogens with one attached hydrogen (secondary N) is 1. The molecule has 3 rings (SSSR count). The normalized spacial score (nSPS) is 21.9. The van der Waals surface area contributed by atoms with Gasteiger partial charge in [0.25, 0.3) is 5.95 Å². The maximum atomic E-state index is 5.67. The van der Waals surface area contributed by atoms with E-state index < -0.39 is 0 Å². The highest BCUT2D eigenvalue weighted by atomic mass is 16.5. The van der Waals surface area contributed by atoms with Crippen molar-refractivity contribution in [1.29, 1.82) is 0 Å². The van der Waals surface area contributed by atoms with Crippen LogP contribution < -0.4 is 11.1 Å².